The van der Waals surface area contributed by atoms with Gasteiger partial charge in [-0.15, -0.1) is 0 Å². The summed E-state index contributed by atoms with van der Waals surface area (Å²) in [6.07, 6.45) is 2.08. The third-order valence-electron chi connectivity index (χ3n) is 3.20. The first-order valence-electron chi connectivity index (χ1n) is 6.35. The number of benzene rings is 2. The van der Waals surface area contributed by atoms with Crippen LogP contribution in [0.4, 0.5) is 0 Å². The molecule has 2 nitrogen and oxygen atoms in total. The SMILES string of the molecule is c1ccc2c(c1)CCCOc1ccccc1OC2. The van der Waals surface area contributed by atoms with Gasteiger partial charge < -0.3 is 9.47 Å². The summed E-state index contributed by atoms with van der Waals surface area (Å²) in [5.41, 5.74) is 2.63. The maximum Gasteiger partial charge on any atom is 0.161 e. The van der Waals surface area contributed by atoms with Crippen molar-refractivity contribution in [3.05, 3.63) is 59.7 Å². The van der Waals surface area contributed by atoms with Crippen LogP contribution >= 0.6 is 0 Å². The van der Waals surface area contributed by atoms with Crippen molar-refractivity contribution in [3.8, 4) is 11.5 Å². The molecule has 18 heavy (non-hydrogen) atoms. The molecule has 0 aliphatic carbocycles. The van der Waals surface area contributed by atoms with Crippen molar-refractivity contribution in [1.29, 1.82) is 0 Å². The predicted octanol–water partition coefficient (Wildman–Crippen LogP) is 3.59. The molecule has 0 amide bonds. The first-order chi connectivity index (χ1) is 8.93. The van der Waals surface area contributed by atoms with Crippen molar-refractivity contribution >= 4 is 0 Å². The summed E-state index contributed by atoms with van der Waals surface area (Å²) < 4.78 is 11.6. The minimum atomic E-state index is 0.608. The highest BCUT2D eigenvalue weighted by molar-refractivity contribution is 5.40. The number of fused-ring (bicyclic) bond motifs is 2. The standard InChI is InChI=1S/C16H16O2/c1-2-7-14-12-18-16-10-4-3-9-15(16)17-11-5-8-13(14)6-1/h1-4,6-7,9-10H,5,8,11-12H2. The van der Waals surface area contributed by atoms with Crippen molar-refractivity contribution in [3.63, 3.8) is 0 Å². The topological polar surface area (TPSA) is 18.5 Å². The van der Waals surface area contributed by atoms with Gasteiger partial charge in [0.25, 0.3) is 0 Å². The Hall–Kier alpha value is -1.96. The molecule has 0 aromatic heterocycles. The van der Waals surface area contributed by atoms with Gasteiger partial charge in [-0.25, -0.2) is 0 Å². The molecule has 2 aromatic carbocycles. The van der Waals surface area contributed by atoms with Crippen molar-refractivity contribution in [2.24, 2.45) is 0 Å². The fourth-order valence-corrected chi connectivity index (χ4v) is 2.23. The summed E-state index contributed by atoms with van der Waals surface area (Å²) in [5, 5.41) is 0. The van der Waals surface area contributed by atoms with Gasteiger partial charge in [-0.1, -0.05) is 36.4 Å². The second-order valence-corrected chi connectivity index (χ2v) is 4.46. The van der Waals surface area contributed by atoms with E-state index in [1.54, 1.807) is 0 Å². The fraction of sp³-hybridized carbons (Fsp3) is 0.250. The normalized spacial score (nSPS) is 14.7. The van der Waals surface area contributed by atoms with E-state index in [9.17, 15) is 0 Å². The second kappa shape index (κ2) is 5.13. The van der Waals surface area contributed by atoms with E-state index in [2.05, 4.69) is 24.3 Å². The molecule has 2 aromatic rings. The fourth-order valence-electron chi connectivity index (χ4n) is 2.23. The summed E-state index contributed by atoms with van der Waals surface area (Å²) in [6.45, 7) is 1.34. The molecule has 0 bridgehead atoms. The van der Waals surface area contributed by atoms with Crippen LogP contribution in [0.2, 0.25) is 0 Å². The van der Waals surface area contributed by atoms with Gasteiger partial charge in [-0.3, -0.25) is 0 Å². The predicted molar refractivity (Wildman–Crippen MR) is 71.0 cm³/mol. The number of hydrogen-bond acceptors (Lipinski definition) is 2. The molecule has 0 spiro atoms. The zero-order valence-electron chi connectivity index (χ0n) is 10.3. The van der Waals surface area contributed by atoms with E-state index in [-0.39, 0.29) is 0 Å². The lowest BCUT2D eigenvalue weighted by Crippen LogP contribution is -2.07. The molecule has 92 valence electrons. The van der Waals surface area contributed by atoms with E-state index in [0.29, 0.717) is 6.61 Å². The van der Waals surface area contributed by atoms with E-state index in [0.717, 1.165) is 30.9 Å². The van der Waals surface area contributed by atoms with Gasteiger partial charge in [0, 0.05) is 0 Å². The van der Waals surface area contributed by atoms with Gasteiger partial charge >= 0.3 is 0 Å². The Labute approximate surface area is 107 Å². The lowest BCUT2D eigenvalue weighted by Gasteiger charge is -2.17. The second-order valence-electron chi connectivity index (χ2n) is 4.46. The summed E-state index contributed by atoms with van der Waals surface area (Å²) in [6, 6.07) is 16.3. The van der Waals surface area contributed by atoms with Crippen LogP contribution in [0.25, 0.3) is 0 Å². The summed E-state index contributed by atoms with van der Waals surface area (Å²) in [5.74, 6) is 1.67. The Morgan fingerprint density at radius 3 is 2.22 bits per heavy atom. The highest BCUT2D eigenvalue weighted by Crippen LogP contribution is 2.28. The Balaban J connectivity index is 1.90. The van der Waals surface area contributed by atoms with Crippen LogP contribution in [0, 0.1) is 0 Å². The number of para-hydroxylation sites is 2. The van der Waals surface area contributed by atoms with Crippen molar-refractivity contribution < 1.29 is 9.47 Å². The highest BCUT2D eigenvalue weighted by Gasteiger charge is 2.09. The molecule has 0 saturated carbocycles. The zero-order valence-corrected chi connectivity index (χ0v) is 10.3. The third kappa shape index (κ3) is 2.33. The summed E-state index contributed by atoms with van der Waals surface area (Å²) in [7, 11) is 0. The molecular weight excluding hydrogens is 224 g/mol. The van der Waals surface area contributed by atoms with Gasteiger partial charge in [0.1, 0.15) is 6.61 Å². The molecule has 0 radical (unpaired) electrons. The largest absolute Gasteiger partial charge is 0.490 e. The van der Waals surface area contributed by atoms with Crippen LogP contribution in [0.1, 0.15) is 17.5 Å². The number of hydrogen-bond donors (Lipinski definition) is 0. The van der Waals surface area contributed by atoms with Crippen LogP contribution in [0.3, 0.4) is 0 Å². The average Bonchev–Trinajstić information content (AvgIpc) is 2.44. The maximum absolute atomic E-state index is 5.87. The Morgan fingerprint density at radius 1 is 0.722 bits per heavy atom. The van der Waals surface area contributed by atoms with Crippen LogP contribution in [0.5, 0.6) is 11.5 Å². The van der Waals surface area contributed by atoms with E-state index in [1.165, 1.54) is 11.1 Å². The molecular formula is C16H16O2. The van der Waals surface area contributed by atoms with E-state index < -0.39 is 0 Å². The minimum absolute atomic E-state index is 0.608. The van der Waals surface area contributed by atoms with Crippen LogP contribution < -0.4 is 9.47 Å². The molecule has 1 aliphatic heterocycles. The Morgan fingerprint density at radius 2 is 1.39 bits per heavy atom. The van der Waals surface area contributed by atoms with Crippen molar-refractivity contribution in [2.45, 2.75) is 19.4 Å². The van der Waals surface area contributed by atoms with Crippen LogP contribution in [0.15, 0.2) is 48.5 Å². The van der Waals surface area contributed by atoms with Crippen molar-refractivity contribution in [1.82, 2.24) is 0 Å². The van der Waals surface area contributed by atoms with Gasteiger partial charge in [0.15, 0.2) is 11.5 Å². The first-order valence-corrected chi connectivity index (χ1v) is 6.35. The van der Waals surface area contributed by atoms with E-state index in [4.69, 9.17) is 9.47 Å². The lowest BCUT2D eigenvalue weighted by molar-refractivity contribution is 0.253. The number of aryl methyl sites for hydroxylation is 1. The van der Waals surface area contributed by atoms with Crippen LogP contribution in [-0.2, 0) is 13.0 Å². The van der Waals surface area contributed by atoms with Crippen molar-refractivity contribution in [2.75, 3.05) is 6.61 Å². The monoisotopic (exact) mass is 240 g/mol. The van der Waals surface area contributed by atoms with Gasteiger partial charge in [-0.05, 0) is 36.1 Å². The van der Waals surface area contributed by atoms with Gasteiger partial charge in [0.05, 0.1) is 6.61 Å². The van der Waals surface area contributed by atoms with Gasteiger partial charge in [-0.2, -0.15) is 0 Å². The number of ether oxygens (including phenoxy) is 2. The smallest absolute Gasteiger partial charge is 0.161 e. The summed E-state index contributed by atoms with van der Waals surface area (Å²) in [4.78, 5) is 0. The Bertz CT molecular complexity index is 485. The highest BCUT2D eigenvalue weighted by atomic mass is 16.5. The Kier molecular flexibility index (Phi) is 3.18. The van der Waals surface area contributed by atoms with E-state index >= 15 is 0 Å². The van der Waals surface area contributed by atoms with Gasteiger partial charge in [0.2, 0.25) is 0 Å². The molecule has 0 atom stereocenters. The molecule has 3 rings (SSSR count). The minimum Gasteiger partial charge on any atom is -0.490 e. The quantitative estimate of drug-likeness (QED) is 0.700. The molecule has 0 fully saturated rings. The molecule has 0 saturated heterocycles. The summed E-state index contributed by atoms with van der Waals surface area (Å²) >= 11 is 0. The number of rotatable bonds is 0. The average molecular weight is 240 g/mol. The lowest BCUT2D eigenvalue weighted by atomic mass is 10.0. The molecule has 1 heterocycles. The maximum atomic E-state index is 5.87. The third-order valence-corrected chi connectivity index (χ3v) is 3.20. The zero-order chi connectivity index (χ0) is 12.2. The van der Waals surface area contributed by atoms with Crippen LogP contribution in [-0.4, -0.2) is 6.61 Å². The molecule has 0 unspecified atom stereocenters. The molecule has 1 aliphatic rings. The molecule has 0 N–H and O–H groups in total. The molecule has 2 heteroatoms. The van der Waals surface area contributed by atoms with E-state index in [1.807, 2.05) is 24.3 Å². The first kappa shape index (κ1) is 11.1.